The summed E-state index contributed by atoms with van der Waals surface area (Å²) in [7, 11) is 1.59. The highest BCUT2D eigenvalue weighted by Crippen LogP contribution is 2.58. The molecule has 2 aromatic rings. The number of ether oxygens (including phenoxy) is 2. The molecule has 1 saturated heterocycles. The van der Waals surface area contributed by atoms with Crippen LogP contribution >= 0.6 is 0 Å². The van der Waals surface area contributed by atoms with Gasteiger partial charge >= 0.3 is 0 Å². The number of H-pyrrole nitrogens is 1. The SMILES string of the molecule is CC[C@]1(F)CCN(C(=O)[C@@H](O[C@@H]2CC3CC3C2CCCCCc2nc3ccc(OC)cc3[nH]c2=O)C(C)(C)C)C1C=O. The number of halogens is 1. The molecule has 0 radical (unpaired) electrons. The number of aromatic amines is 1. The van der Waals surface area contributed by atoms with Gasteiger partial charge in [-0.2, -0.15) is 0 Å². The first-order chi connectivity index (χ1) is 20.0. The number of likely N-dealkylation sites (tertiary alicyclic amines) is 1. The topological polar surface area (TPSA) is 102 Å². The smallest absolute Gasteiger partial charge is 0.270 e. The summed E-state index contributed by atoms with van der Waals surface area (Å²) in [6.07, 6.45) is 6.93. The summed E-state index contributed by atoms with van der Waals surface area (Å²) in [5.41, 5.74) is -0.336. The number of hydrogen-bond acceptors (Lipinski definition) is 6. The first-order valence-corrected chi connectivity index (χ1v) is 15.7. The van der Waals surface area contributed by atoms with Gasteiger partial charge in [0.05, 0.1) is 24.2 Å². The van der Waals surface area contributed by atoms with Gasteiger partial charge < -0.3 is 24.2 Å². The van der Waals surface area contributed by atoms with Crippen LogP contribution in [-0.4, -0.2) is 64.6 Å². The van der Waals surface area contributed by atoms with Gasteiger partial charge in [-0.3, -0.25) is 9.59 Å². The molecule has 230 valence electrons. The van der Waals surface area contributed by atoms with E-state index in [1.54, 1.807) is 20.1 Å². The van der Waals surface area contributed by atoms with Gasteiger partial charge in [-0.15, -0.1) is 0 Å². The fourth-order valence-electron chi connectivity index (χ4n) is 7.28. The van der Waals surface area contributed by atoms with E-state index in [-0.39, 0.29) is 37.0 Å². The Bertz CT molecular complexity index is 1360. The van der Waals surface area contributed by atoms with Crippen LogP contribution in [0.4, 0.5) is 4.39 Å². The Hall–Kier alpha value is -2.81. The number of hydrogen-bond donors (Lipinski definition) is 1. The largest absolute Gasteiger partial charge is 0.497 e. The zero-order valence-electron chi connectivity index (χ0n) is 25.7. The highest BCUT2D eigenvalue weighted by Gasteiger charge is 2.56. The molecule has 1 aromatic heterocycles. The van der Waals surface area contributed by atoms with Crippen molar-refractivity contribution in [2.24, 2.45) is 23.2 Å². The first-order valence-electron chi connectivity index (χ1n) is 15.7. The molecule has 0 spiro atoms. The second-order valence-electron chi connectivity index (χ2n) is 13.7. The van der Waals surface area contributed by atoms with E-state index < -0.39 is 23.2 Å². The Kier molecular flexibility index (Phi) is 8.80. The van der Waals surface area contributed by atoms with Crippen molar-refractivity contribution in [1.82, 2.24) is 14.9 Å². The molecule has 0 bridgehead atoms. The van der Waals surface area contributed by atoms with Crippen LogP contribution < -0.4 is 10.3 Å². The number of aromatic nitrogens is 2. The highest BCUT2D eigenvalue weighted by atomic mass is 19.1. The summed E-state index contributed by atoms with van der Waals surface area (Å²) in [4.78, 5) is 47.2. The second-order valence-corrected chi connectivity index (χ2v) is 13.7. The molecule has 1 amide bonds. The van der Waals surface area contributed by atoms with E-state index in [0.717, 1.165) is 37.6 Å². The van der Waals surface area contributed by atoms with Crippen molar-refractivity contribution in [3.05, 3.63) is 34.2 Å². The number of methoxy groups -OCH3 is 1. The lowest BCUT2D eigenvalue weighted by atomic mass is 9.86. The summed E-state index contributed by atoms with van der Waals surface area (Å²) >= 11 is 0. The Labute approximate surface area is 247 Å². The van der Waals surface area contributed by atoms with Crippen molar-refractivity contribution >= 4 is 23.2 Å². The van der Waals surface area contributed by atoms with Crippen LogP contribution in [0.15, 0.2) is 23.0 Å². The van der Waals surface area contributed by atoms with Gasteiger partial charge in [0.25, 0.3) is 11.5 Å². The van der Waals surface area contributed by atoms with Crippen LogP contribution in [0.1, 0.15) is 84.8 Å². The molecule has 8 nitrogen and oxygen atoms in total. The first kappa shape index (κ1) is 30.6. The van der Waals surface area contributed by atoms with E-state index in [1.165, 1.54) is 11.3 Å². The fourth-order valence-corrected chi connectivity index (χ4v) is 7.28. The Balaban J connectivity index is 1.17. The van der Waals surface area contributed by atoms with Gasteiger partial charge in [0.15, 0.2) is 0 Å². The minimum Gasteiger partial charge on any atom is -0.497 e. The van der Waals surface area contributed by atoms with E-state index in [2.05, 4.69) is 9.97 Å². The molecule has 4 unspecified atom stereocenters. The Morgan fingerprint density at radius 2 is 2.05 bits per heavy atom. The van der Waals surface area contributed by atoms with E-state index in [9.17, 15) is 14.4 Å². The van der Waals surface area contributed by atoms with Crippen molar-refractivity contribution < 1.29 is 23.5 Å². The number of fused-ring (bicyclic) bond motifs is 2. The van der Waals surface area contributed by atoms with Crippen LogP contribution in [0.3, 0.4) is 0 Å². The third-order valence-electron chi connectivity index (χ3n) is 9.92. The van der Waals surface area contributed by atoms with Gasteiger partial charge in [-0.25, -0.2) is 9.37 Å². The van der Waals surface area contributed by atoms with E-state index in [1.807, 2.05) is 32.9 Å². The molecule has 3 fully saturated rings. The third kappa shape index (κ3) is 6.12. The number of nitrogens with one attached hydrogen (secondary N) is 1. The molecule has 3 aliphatic rings. The van der Waals surface area contributed by atoms with Gasteiger partial charge in [0.2, 0.25) is 0 Å². The molecule has 1 N–H and O–H groups in total. The molecule has 5 rings (SSSR count). The molecule has 7 atom stereocenters. The molecule has 1 aliphatic heterocycles. The van der Waals surface area contributed by atoms with Gasteiger partial charge in [0, 0.05) is 19.0 Å². The van der Waals surface area contributed by atoms with Crippen molar-refractivity contribution in [2.45, 2.75) is 109 Å². The number of amides is 1. The van der Waals surface area contributed by atoms with Gasteiger partial charge in [0.1, 0.15) is 35.5 Å². The predicted octanol–water partition coefficient (Wildman–Crippen LogP) is 5.41. The number of carbonyl (C=O) groups is 2. The van der Waals surface area contributed by atoms with Crippen molar-refractivity contribution in [2.75, 3.05) is 13.7 Å². The minimum atomic E-state index is -1.67. The number of alkyl halides is 1. The average molecular weight is 584 g/mol. The fraction of sp³-hybridized carbons (Fsp3) is 0.697. The van der Waals surface area contributed by atoms with Crippen LogP contribution in [0.5, 0.6) is 5.75 Å². The number of aryl methyl sites for hydroxylation is 1. The zero-order chi connectivity index (χ0) is 30.2. The number of aldehydes is 1. The quantitative estimate of drug-likeness (QED) is 0.265. The number of benzene rings is 1. The maximum Gasteiger partial charge on any atom is 0.270 e. The van der Waals surface area contributed by atoms with E-state index >= 15 is 4.39 Å². The Morgan fingerprint density at radius 3 is 2.74 bits per heavy atom. The summed E-state index contributed by atoms with van der Waals surface area (Å²) in [5.74, 6) is 2.10. The van der Waals surface area contributed by atoms with Crippen LogP contribution in [0, 0.1) is 23.2 Å². The highest BCUT2D eigenvalue weighted by molar-refractivity contribution is 5.85. The molecule has 42 heavy (non-hydrogen) atoms. The molecule has 2 heterocycles. The van der Waals surface area contributed by atoms with E-state index in [0.29, 0.717) is 47.4 Å². The molecular formula is C33H46FN3O5. The van der Waals surface area contributed by atoms with Gasteiger partial charge in [-0.1, -0.05) is 40.5 Å². The maximum atomic E-state index is 15.3. The summed E-state index contributed by atoms with van der Waals surface area (Å²) in [6.45, 7) is 7.91. The van der Waals surface area contributed by atoms with E-state index in [4.69, 9.17) is 9.47 Å². The normalized spacial score (nSPS) is 29.5. The van der Waals surface area contributed by atoms with Crippen LogP contribution in [-0.2, 0) is 20.7 Å². The summed E-state index contributed by atoms with van der Waals surface area (Å²) < 4.78 is 27.2. The summed E-state index contributed by atoms with van der Waals surface area (Å²) in [6, 6.07) is 4.42. The number of unbranched alkanes of at least 4 members (excludes halogenated alkanes) is 2. The lowest BCUT2D eigenvalue weighted by molar-refractivity contribution is -0.163. The Morgan fingerprint density at radius 1 is 1.26 bits per heavy atom. The molecule has 9 heteroatoms. The number of nitrogens with zero attached hydrogens (tertiary/aromatic N) is 2. The number of carbonyl (C=O) groups excluding carboxylic acids is 2. The molecule has 2 saturated carbocycles. The summed E-state index contributed by atoms with van der Waals surface area (Å²) in [5, 5.41) is 0. The third-order valence-corrected chi connectivity index (χ3v) is 9.92. The van der Waals surface area contributed by atoms with Crippen LogP contribution in [0.2, 0.25) is 0 Å². The van der Waals surface area contributed by atoms with Crippen LogP contribution in [0.25, 0.3) is 11.0 Å². The number of rotatable bonds is 12. The zero-order valence-corrected chi connectivity index (χ0v) is 25.7. The maximum absolute atomic E-state index is 15.3. The lowest BCUT2D eigenvalue weighted by Crippen LogP contribution is -2.53. The lowest BCUT2D eigenvalue weighted by Gasteiger charge is -2.38. The van der Waals surface area contributed by atoms with Crippen molar-refractivity contribution in [3.63, 3.8) is 0 Å². The molecule has 1 aromatic carbocycles. The van der Waals surface area contributed by atoms with Crippen molar-refractivity contribution in [1.29, 1.82) is 0 Å². The molecular weight excluding hydrogens is 537 g/mol. The predicted molar refractivity (Wildman–Crippen MR) is 159 cm³/mol. The monoisotopic (exact) mass is 583 g/mol. The molecule has 2 aliphatic carbocycles. The van der Waals surface area contributed by atoms with Crippen molar-refractivity contribution in [3.8, 4) is 5.75 Å². The second kappa shape index (κ2) is 12.1. The standard InChI is InChI=1S/C33H46FN3O5/c1-6-33(34)14-15-37(28(33)19-38)31(40)29(32(2,3)4)42-27-17-20-16-23(20)22(27)10-8-7-9-11-25-30(39)36-26-18-21(41-5)12-13-24(26)35-25/h12-13,18-20,22-23,27-29H,6-11,14-17H2,1-5H3,(H,36,39)/t20?,22?,23?,27-,28?,29-,33+/m1/s1. The average Bonchev–Trinajstić information content (AvgIpc) is 3.51. The minimum absolute atomic E-state index is 0.0116. The van der Waals surface area contributed by atoms with Gasteiger partial charge in [-0.05, 0) is 73.8 Å².